The van der Waals surface area contributed by atoms with E-state index in [2.05, 4.69) is 4.98 Å². The summed E-state index contributed by atoms with van der Waals surface area (Å²) >= 11 is 0. The van der Waals surface area contributed by atoms with Crippen molar-refractivity contribution in [2.75, 3.05) is 32.7 Å². The molecule has 1 heterocycles. The molecule has 2 N–H and O–H groups in total. The molecule has 0 fully saturated rings. The van der Waals surface area contributed by atoms with E-state index in [9.17, 15) is 4.79 Å². The number of nitrogens with zero attached hydrogens (tertiary/aromatic N) is 1. The summed E-state index contributed by atoms with van der Waals surface area (Å²) in [5.41, 5.74) is 6.16. The van der Waals surface area contributed by atoms with Gasteiger partial charge in [0.1, 0.15) is 6.61 Å². The van der Waals surface area contributed by atoms with Gasteiger partial charge in [0, 0.05) is 13.2 Å². The highest BCUT2D eigenvalue weighted by Crippen LogP contribution is 2.17. The Balaban J connectivity index is 2.75. The fourth-order valence-corrected chi connectivity index (χ4v) is 1.14. The number of anilines is 1. The summed E-state index contributed by atoms with van der Waals surface area (Å²) in [5.74, 6) is -0.164. The number of rotatable bonds is 6. The smallest absolute Gasteiger partial charge is 0.340 e. The minimum atomic E-state index is -0.482. The zero-order valence-corrected chi connectivity index (χ0v) is 9.93. The molecular formula is C11H16N2O4. The molecule has 0 bridgehead atoms. The quantitative estimate of drug-likeness (QED) is 0.586. The summed E-state index contributed by atoms with van der Waals surface area (Å²) < 4.78 is 15.0. The fraction of sp³-hybridized carbons (Fsp3) is 0.455. The Morgan fingerprint density at radius 1 is 1.47 bits per heavy atom. The lowest BCUT2D eigenvalue weighted by Crippen LogP contribution is -2.10. The van der Waals surface area contributed by atoms with Gasteiger partial charge in [-0.1, -0.05) is 0 Å². The van der Waals surface area contributed by atoms with E-state index in [1.807, 2.05) is 0 Å². The topological polar surface area (TPSA) is 83.7 Å². The van der Waals surface area contributed by atoms with Crippen LogP contribution >= 0.6 is 0 Å². The van der Waals surface area contributed by atoms with Gasteiger partial charge in [-0.25, -0.2) is 9.78 Å². The second-order valence-electron chi connectivity index (χ2n) is 3.17. The third-order valence-electron chi connectivity index (χ3n) is 1.94. The van der Waals surface area contributed by atoms with Gasteiger partial charge in [-0.3, -0.25) is 0 Å². The molecule has 0 amide bonds. The molecule has 6 heteroatoms. The standard InChI is InChI=1S/C11H16N2O4/c1-3-16-11(14)8-6-10(13-7-9(8)12)17-5-4-15-2/h6-7H,3-5,12H2,1-2H3. The Labute approximate surface area is 99.7 Å². The van der Waals surface area contributed by atoms with Gasteiger partial charge < -0.3 is 19.9 Å². The predicted molar refractivity (Wildman–Crippen MR) is 62.0 cm³/mol. The average Bonchev–Trinajstić information content (AvgIpc) is 2.32. The maximum Gasteiger partial charge on any atom is 0.340 e. The maximum atomic E-state index is 11.5. The molecule has 0 radical (unpaired) electrons. The molecule has 0 unspecified atom stereocenters. The Morgan fingerprint density at radius 3 is 2.88 bits per heavy atom. The molecule has 6 nitrogen and oxygen atoms in total. The monoisotopic (exact) mass is 240 g/mol. The van der Waals surface area contributed by atoms with Crippen LogP contribution < -0.4 is 10.5 Å². The lowest BCUT2D eigenvalue weighted by molar-refractivity contribution is 0.0526. The van der Waals surface area contributed by atoms with Crippen LogP contribution in [0.4, 0.5) is 5.69 Å². The highest BCUT2D eigenvalue weighted by molar-refractivity contribution is 5.95. The predicted octanol–water partition coefficient (Wildman–Crippen LogP) is 0.866. The number of carbonyl (C=O) groups excluding carboxylic acids is 1. The van der Waals surface area contributed by atoms with Crippen molar-refractivity contribution in [3.63, 3.8) is 0 Å². The first kappa shape index (κ1) is 13.2. The van der Waals surface area contributed by atoms with Gasteiger partial charge >= 0.3 is 5.97 Å². The number of hydrogen-bond acceptors (Lipinski definition) is 6. The summed E-state index contributed by atoms with van der Waals surface area (Å²) in [6.45, 7) is 2.82. The van der Waals surface area contributed by atoms with E-state index in [1.54, 1.807) is 14.0 Å². The summed E-state index contributed by atoms with van der Waals surface area (Å²) in [7, 11) is 1.57. The first-order valence-corrected chi connectivity index (χ1v) is 5.23. The molecule has 0 saturated heterocycles. The Bertz CT molecular complexity index is 382. The fourth-order valence-electron chi connectivity index (χ4n) is 1.14. The molecule has 0 aliphatic carbocycles. The molecule has 94 valence electrons. The van der Waals surface area contributed by atoms with Crippen molar-refractivity contribution in [1.82, 2.24) is 4.98 Å². The molecule has 1 rings (SSSR count). The van der Waals surface area contributed by atoms with E-state index < -0.39 is 5.97 Å². The number of pyridine rings is 1. The molecular weight excluding hydrogens is 224 g/mol. The number of esters is 1. The lowest BCUT2D eigenvalue weighted by atomic mass is 10.2. The van der Waals surface area contributed by atoms with Gasteiger partial charge in [0.2, 0.25) is 5.88 Å². The molecule has 0 atom stereocenters. The SMILES string of the molecule is CCOC(=O)c1cc(OCCOC)ncc1N. The van der Waals surface area contributed by atoms with Crippen molar-refractivity contribution in [2.24, 2.45) is 0 Å². The number of carbonyl (C=O) groups is 1. The molecule has 0 aliphatic heterocycles. The minimum Gasteiger partial charge on any atom is -0.475 e. The average molecular weight is 240 g/mol. The van der Waals surface area contributed by atoms with Crippen LogP contribution in [-0.4, -0.2) is 37.9 Å². The summed E-state index contributed by atoms with van der Waals surface area (Å²) in [5, 5.41) is 0. The molecule has 17 heavy (non-hydrogen) atoms. The normalized spacial score (nSPS) is 10.0. The Hall–Kier alpha value is -1.82. The highest BCUT2D eigenvalue weighted by atomic mass is 16.5. The molecule has 0 aliphatic rings. The lowest BCUT2D eigenvalue weighted by Gasteiger charge is -2.08. The van der Waals surface area contributed by atoms with Crippen LogP contribution in [0.5, 0.6) is 5.88 Å². The van der Waals surface area contributed by atoms with Crippen LogP contribution in [0.1, 0.15) is 17.3 Å². The number of hydrogen-bond donors (Lipinski definition) is 1. The van der Waals surface area contributed by atoms with E-state index >= 15 is 0 Å². The summed E-state index contributed by atoms with van der Waals surface area (Å²) in [6, 6.07) is 1.46. The first-order valence-electron chi connectivity index (χ1n) is 5.23. The van der Waals surface area contributed by atoms with Crippen LogP contribution in [0, 0.1) is 0 Å². The molecule has 0 spiro atoms. The minimum absolute atomic E-state index is 0.259. The van der Waals surface area contributed by atoms with E-state index in [1.165, 1.54) is 12.3 Å². The Morgan fingerprint density at radius 2 is 2.24 bits per heavy atom. The van der Waals surface area contributed by atoms with Gasteiger partial charge in [0.05, 0.1) is 30.7 Å². The van der Waals surface area contributed by atoms with Crippen molar-refractivity contribution in [1.29, 1.82) is 0 Å². The van der Waals surface area contributed by atoms with E-state index in [0.717, 1.165) is 0 Å². The summed E-state index contributed by atoms with van der Waals surface area (Å²) in [6.07, 6.45) is 1.37. The number of methoxy groups -OCH3 is 1. The first-order chi connectivity index (χ1) is 8.19. The van der Waals surface area contributed by atoms with E-state index in [-0.39, 0.29) is 11.3 Å². The number of nitrogen functional groups attached to an aromatic ring is 1. The second-order valence-corrected chi connectivity index (χ2v) is 3.17. The van der Waals surface area contributed by atoms with Crippen molar-refractivity contribution in [3.05, 3.63) is 17.8 Å². The van der Waals surface area contributed by atoms with Gasteiger partial charge in [-0.05, 0) is 6.92 Å². The van der Waals surface area contributed by atoms with Gasteiger partial charge in [0.15, 0.2) is 0 Å². The van der Waals surface area contributed by atoms with Crippen LogP contribution in [-0.2, 0) is 9.47 Å². The van der Waals surface area contributed by atoms with Crippen molar-refractivity contribution >= 4 is 11.7 Å². The third kappa shape index (κ3) is 3.92. The van der Waals surface area contributed by atoms with Crippen LogP contribution in [0.15, 0.2) is 12.3 Å². The van der Waals surface area contributed by atoms with Gasteiger partial charge in [0.25, 0.3) is 0 Å². The molecule has 0 aromatic carbocycles. The van der Waals surface area contributed by atoms with Gasteiger partial charge in [-0.15, -0.1) is 0 Å². The van der Waals surface area contributed by atoms with Crippen molar-refractivity contribution < 1.29 is 19.0 Å². The molecule has 1 aromatic rings. The van der Waals surface area contributed by atoms with Crippen LogP contribution in [0.25, 0.3) is 0 Å². The largest absolute Gasteiger partial charge is 0.475 e. The number of ether oxygens (including phenoxy) is 3. The maximum absolute atomic E-state index is 11.5. The van der Waals surface area contributed by atoms with E-state index in [4.69, 9.17) is 19.9 Å². The molecule has 1 aromatic heterocycles. The van der Waals surface area contributed by atoms with Crippen molar-refractivity contribution in [3.8, 4) is 5.88 Å². The third-order valence-corrected chi connectivity index (χ3v) is 1.94. The zero-order valence-electron chi connectivity index (χ0n) is 9.93. The summed E-state index contributed by atoms with van der Waals surface area (Å²) in [4.78, 5) is 15.5. The highest BCUT2D eigenvalue weighted by Gasteiger charge is 2.12. The molecule has 0 saturated carbocycles. The number of aromatic nitrogens is 1. The van der Waals surface area contributed by atoms with E-state index in [0.29, 0.717) is 25.7 Å². The zero-order chi connectivity index (χ0) is 12.7. The number of nitrogens with two attached hydrogens (primary N) is 1. The second kappa shape index (κ2) is 6.70. The van der Waals surface area contributed by atoms with Gasteiger partial charge in [-0.2, -0.15) is 0 Å². The van der Waals surface area contributed by atoms with Crippen LogP contribution in [0.3, 0.4) is 0 Å². The van der Waals surface area contributed by atoms with Crippen LogP contribution in [0.2, 0.25) is 0 Å². The van der Waals surface area contributed by atoms with Crippen molar-refractivity contribution in [2.45, 2.75) is 6.92 Å². The Kier molecular flexibility index (Phi) is 5.22.